The van der Waals surface area contributed by atoms with Crippen LogP contribution >= 0.6 is 11.6 Å². The molecule has 0 aliphatic heterocycles. The Bertz CT molecular complexity index is 869. The van der Waals surface area contributed by atoms with E-state index >= 15 is 0 Å². The number of rotatable bonds is 7. The predicted octanol–water partition coefficient (Wildman–Crippen LogP) is 4.78. The number of para-hydroxylation sites is 1. The van der Waals surface area contributed by atoms with E-state index in [9.17, 15) is 0 Å². The monoisotopic (exact) mass is 356 g/mol. The van der Waals surface area contributed by atoms with Crippen molar-refractivity contribution in [1.29, 1.82) is 0 Å². The van der Waals surface area contributed by atoms with E-state index in [1.54, 1.807) is 7.11 Å². The van der Waals surface area contributed by atoms with Crippen molar-refractivity contribution in [1.82, 2.24) is 9.97 Å². The average molecular weight is 357 g/mol. The molecule has 3 aromatic rings. The van der Waals surface area contributed by atoms with Crippen LogP contribution in [0.4, 0.5) is 17.5 Å². The van der Waals surface area contributed by atoms with Gasteiger partial charge in [0.25, 0.3) is 0 Å². The Morgan fingerprint density at radius 2 is 1.92 bits per heavy atom. The van der Waals surface area contributed by atoms with Gasteiger partial charge in [0.05, 0.1) is 5.52 Å². The zero-order chi connectivity index (χ0) is 17.6. The summed E-state index contributed by atoms with van der Waals surface area (Å²) in [6, 6.07) is 13.7. The summed E-state index contributed by atoms with van der Waals surface area (Å²) >= 11 is 6.20. The van der Waals surface area contributed by atoms with Crippen molar-refractivity contribution >= 4 is 40.0 Å². The van der Waals surface area contributed by atoms with Crippen LogP contribution in [0.5, 0.6) is 0 Å². The maximum Gasteiger partial charge on any atom is 0.229 e. The number of anilines is 3. The normalized spacial score (nSPS) is 10.8. The first-order valence-electron chi connectivity index (χ1n) is 8.21. The van der Waals surface area contributed by atoms with Crippen molar-refractivity contribution in [3.8, 4) is 0 Å². The number of aromatic nitrogens is 2. The van der Waals surface area contributed by atoms with Crippen LogP contribution in [0.25, 0.3) is 10.9 Å². The minimum atomic E-state index is 0.540. The molecular weight excluding hydrogens is 336 g/mol. The molecule has 3 rings (SSSR count). The van der Waals surface area contributed by atoms with Crippen LogP contribution in [0.3, 0.4) is 0 Å². The molecule has 1 aromatic heterocycles. The van der Waals surface area contributed by atoms with Gasteiger partial charge < -0.3 is 15.4 Å². The third kappa shape index (κ3) is 4.18. The van der Waals surface area contributed by atoms with Crippen LogP contribution in [0.15, 0.2) is 42.5 Å². The summed E-state index contributed by atoms with van der Waals surface area (Å²) in [4.78, 5) is 9.26. The molecule has 0 fully saturated rings. The number of benzene rings is 2. The van der Waals surface area contributed by atoms with Crippen LogP contribution < -0.4 is 10.6 Å². The molecule has 2 N–H and O–H groups in total. The van der Waals surface area contributed by atoms with E-state index in [2.05, 4.69) is 20.6 Å². The van der Waals surface area contributed by atoms with Gasteiger partial charge in [-0.1, -0.05) is 29.8 Å². The molecule has 0 spiro atoms. The molecule has 2 aromatic carbocycles. The SMILES string of the molecule is COCCCNc1nc(Nc2cccc(Cl)c2C)nc2ccccc12. The highest BCUT2D eigenvalue weighted by Crippen LogP contribution is 2.27. The summed E-state index contributed by atoms with van der Waals surface area (Å²) in [6.07, 6.45) is 0.908. The molecule has 130 valence electrons. The van der Waals surface area contributed by atoms with Gasteiger partial charge >= 0.3 is 0 Å². The third-order valence-electron chi connectivity index (χ3n) is 3.94. The van der Waals surface area contributed by atoms with Crippen molar-refractivity contribution in [3.05, 3.63) is 53.1 Å². The highest BCUT2D eigenvalue weighted by Gasteiger charge is 2.09. The summed E-state index contributed by atoms with van der Waals surface area (Å²) in [7, 11) is 1.70. The van der Waals surface area contributed by atoms with Gasteiger partial charge in [0.1, 0.15) is 5.82 Å². The smallest absolute Gasteiger partial charge is 0.229 e. The van der Waals surface area contributed by atoms with Gasteiger partial charge in [0.15, 0.2) is 0 Å². The molecule has 0 saturated carbocycles. The first-order chi connectivity index (χ1) is 12.2. The van der Waals surface area contributed by atoms with Crippen molar-refractivity contribution in [2.45, 2.75) is 13.3 Å². The summed E-state index contributed by atoms with van der Waals surface area (Å²) in [6.45, 7) is 3.46. The minimum absolute atomic E-state index is 0.540. The van der Waals surface area contributed by atoms with E-state index in [-0.39, 0.29) is 0 Å². The largest absolute Gasteiger partial charge is 0.385 e. The molecule has 1 heterocycles. The lowest BCUT2D eigenvalue weighted by Crippen LogP contribution is -2.08. The topological polar surface area (TPSA) is 59.1 Å². The van der Waals surface area contributed by atoms with E-state index in [1.807, 2.05) is 49.4 Å². The molecule has 0 bridgehead atoms. The van der Waals surface area contributed by atoms with E-state index < -0.39 is 0 Å². The number of ether oxygens (including phenoxy) is 1. The molecule has 25 heavy (non-hydrogen) atoms. The number of nitrogens with zero attached hydrogens (tertiary/aromatic N) is 2. The quantitative estimate of drug-likeness (QED) is 0.596. The molecular formula is C19H21ClN4O. The minimum Gasteiger partial charge on any atom is -0.385 e. The molecule has 0 atom stereocenters. The first kappa shape index (κ1) is 17.5. The maximum absolute atomic E-state index is 6.20. The summed E-state index contributed by atoms with van der Waals surface area (Å²) < 4.78 is 5.10. The molecule has 0 unspecified atom stereocenters. The van der Waals surface area contributed by atoms with Crippen LogP contribution in [0, 0.1) is 6.92 Å². The highest BCUT2D eigenvalue weighted by molar-refractivity contribution is 6.31. The fraction of sp³-hybridized carbons (Fsp3) is 0.263. The fourth-order valence-corrected chi connectivity index (χ4v) is 2.73. The van der Waals surface area contributed by atoms with Crippen LogP contribution in [0.2, 0.25) is 5.02 Å². The van der Waals surface area contributed by atoms with Crippen molar-refractivity contribution in [2.24, 2.45) is 0 Å². The van der Waals surface area contributed by atoms with Gasteiger partial charge in [-0.15, -0.1) is 0 Å². The molecule has 0 radical (unpaired) electrons. The number of methoxy groups -OCH3 is 1. The second-order valence-corrected chi connectivity index (χ2v) is 6.13. The van der Waals surface area contributed by atoms with E-state index in [0.717, 1.165) is 40.9 Å². The summed E-state index contributed by atoms with van der Waals surface area (Å²) in [5.74, 6) is 1.35. The molecule has 0 aliphatic rings. The number of fused-ring (bicyclic) bond motifs is 1. The number of halogens is 1. The average Bonchev–Trinajstić information content (AvgIpc) is 2.62. The Morgan fingerprint density at radius 1 is 1.08 bits per heavy atom. The van der Waals surface area contributed by atoms with E-state index in [0.29, 0.717) is 17.6 Å². The van der Waals surface area contributed by atoms with Crippen molar-refractivity contribution in [2.75, 3.05) is 30.9 Å². The molecule has 6 heteroatoms. The first-order valence-corrected chi connectivity index (χ1v) is 8.58. The lowest BCUT2D eigenvalue weighted by atomic mass is 10.2. The lowest BCUT2D eigenvalue weighted by Gasteiger charge is -2.13. The summed E-state index contributed by atoms with van der Waals surface area (Å²) in [5.41, 5.74) is 2.75. The standard InChI is InChI=1S/C19H21ClN4O/c1-13-15(20)8-5-10-16(13)22-19-23-17-9-4-3-7-14(17)18(24-19)21-11-6-12-25-2/h3-5,7-10H,6,11-12H2,1-2H3,(H2,21,22,23,24). The van der Waals surface area contributed by atoms with E-state index in [1.165, 1.54) is 0 Å². The molecule has 0 amide bonds. The molecule has 5 nitrogen and oxygen atoms in total. The molecule has 0 saturated heterocycles. The molecule has 0 aliphatic carbocycles. The Hall–Kier alpha value is -2.37. The Kier molecular flexibility index (Phi) is 5.68. The van der Waals surface area contributed by atoms with E-state index in [4.69, 9.17) is 16.3 Å². The summed E-state index contributed by atoms with van der Waals surface area (Å²) in [5, 5.41) is 8.36. The van der Waals surface area contributed by atoms with Crippen molar-refractivity contribution in [3.63, 3.8) is 0 Å². The van der Waals surface area contributed by atoms with Gasteiger partial charge in [-0.05, 0) is 43.2 Å². The Balaban J connectivity index is 1.91. The lowest BCUT2D eigenvalue weighted by molar-refractivity contribution is 0.198. The van der Waals surface area contributed by atoms with Gasteiger partial charge in [-0.25, -0.2) is 4.98 Å². The second-order valence-electron chi connectivity index (χ2n) is 5.72. The number of nitrogens with one attached hydrogen (secondary N) is 2. The fourth-order valence-electron chi connectivity index (χ4n) is 2.55. The van der Waals surface area contributed by atoms with Gasteiger partial charge in [0.2, 0.25) is 5.95 Å². The highest BCUT2D eigenvalue weighted by atomic mass is 35.5. The maximum atomic E-state index is 6.20. The Labute approximate surface area is 152 Å². The van der Waals surface area contributed by atoms with Gasteiger partial charge in [0, 0.05) is 36.4 Å². The van der Waals surface area contributed by atoms with Crippen LogP contribution in [0.1, 0.15) is 12.0 Å². The third-order valence-corrected chi connectivity index (χ3v) is 4.34. The van der Waals surface area contributed by atoms with Gasteiger partial charge in [-0.2, -0.15) is 4.98 Å². The number of hydrogen-bond donors (Lipinski definition) is 2. The van der Waals surface area contributed by atoms with Gasteiger partial charge in [-0.3, -0.25) is 0 Å². The number of hydrogen-bond acceptors (Lipinski definition) is 5. The second kappa shape index (κ2) is 8.14. The van der Waals surface area contributed by atoms with Crippen LogP contribution in [-0.4, -0.2) is 30.2 Å². The Morgan fingerprint density at radius 3 is 2.76 bits per heavy atom. The zero-order valence-corrected chi connectivity index (χ0v) is 15.1. The predicted molar refractivity (Wildman–Crippen MR) is 104 cm³/mol. The van der Waals surface area contributed by atoms with Crippen molar-refractivity contribution < 1.29 is 4.74 Å². The van der Waals surface area contributed by atoms with Crippen LogP contribution in [-0.2, 0) is 4.74 Å². The zero-order valence-electron chi connectivity index (χ0n) is 14.3.